The fraction of sp³-hybridized carbons (Fsp3) is 0.333. The number of hydrogen-bond donors (Lipinski definition) is 0. The minimum atomic E-state index is -0.211. The quantitative estimate of drug-likeness (QED) is 0.762. The molecule has 0 radical (unpaired) electrons. The Morgan fingerprint density at radius 3 is 1.95 bits per heavy atom. The lowest BCUT2D eigenvalue weighted by atomic mass is 9.87. The highest BCUT2D eigenvalue weighted by atomic mass is 19.1. The number of halogens is 1. The highest BCUT2D eigenvalue weighted by Gasteiger charge is 2.15. The lowest BCUT2D eigenvalue weighted by Gasteiger charge is -2.19. The van der Waals surface area contributed by atoms with E-state index in [2.05, 4.69) is 6.92 Å². The normalized spacial score (nSPS) is 12.0. The standard InChI is InChI=1S/C18H21FO2/c1-4-5-18(13-6-8-15(19)9-7-13)14-10-16(20-2)12-17(11-14)21-3/h6-12,18H,4-5H2,1-3H3. The Kier molecular flexibility index (Phi) is 5.20. The molecule has 0 spiro atoms. The van der Waals surface area contributed by atoms with Crippen LogP contribution in [-0.4, -0.2) is 14.2 Å². The van der Waals surface area contributed by atoms with E-state index in [1.54, 1.807) is 14.2 Å². The van der Waals surface area contributed by atoms with E-state index in [1.807, 2.05) is 30.3 Å². The van der Waals surface area contributed by atoms with Crippen molar-refractivity contribution in [2.45, 2.75) is 25.7 Å². The molecule has 0 fully saturated rings. The number of benzene rings is 2. The molecule has 2 aromatic carbocycles. The average Bonchev–Trinajstić information content (AvgIpc) is 2.53. The van der Waals surface area contributed by atoms with Crippen LogP contribution in [0.25, 0.3) is 0 Å². The molecular formula is C18H21FO2. The predicted octanol–water partition coefficient (Wildman–Crippen LogP) is 4.77. The fourth-order valence-electron chi connectivity index (χ4n) is 2.54. The first-order valence-electron chi connectivity index (χ1n) is 7.16. The molecule has 0 saturated carbocycles. The lowest BCUT2D eigenvalue weighted by molar-refractivity contribution is 0.393. The molecule has 112 valence electrons. The van der Waals surface area contributed by atoms with Crippen LogP contribution in [0.3, 0.4) is 0 Å². The molecule has 2 rings (SSSR count). The van der Waals surface area contributed by atoms with Crippen molar-refractivity contribution in [2.24, 2.45) is 0 Å². The van der Waals surface area contributed by atoms with Crippen LogP contribution in [0.5, 0.6) is 11.5 Å². The Morgan fingerprint density at radius 2 is 1.48 bits per heavy atom. The Balaban J connectivity index is 2.44. The van der Waals surface area contributed by atoms with Gasteiger partial charge in [-0.2, -0.15) is 0 Å². The van der Waals surface area contributed by atoms with Gasteiger partial charge in [0.15, 0.2) is 0 Å². The Hall–Kier alpha value is -2.03. The first-order chi connectivity index (χ1) is 10.2. The van der Waals surface area contributed by atoms with Crippen LogP contribution in [0.1, 0.15) is 36.8 Å². The van der Waals surface area contributed by atoms with Gasteiger partial charge in [-0.25, -0.2) is 4.39 Å². The number of methoxy groups -OCH3 is 2. The van der Waals surface area contributed by atoms with E-state index in [4.69, 9.17) is 9.47 Å². The molecule has 0 heterocycles. The topological polar surface area (TPSA) is 18.5 Å². The maximum absolute atomic E-state index is 13.1. The van der Waals surface area contributed by atoms with Gasteiger partial charge in [-0.1, -0.05) is 25.5 Å². The van der Waals surface area contributed by atoms with Crippen molar-refractivity contribution in [1.82, 2.24) is 0 Å². The fourth-order valence-corrected chi connectivity index (χ4v) is 2.54. The summed E-state index contributed by atoms with van der Waals surface area (Å²) in [6.07, 6.45) is 2.03. The summed E-state index contributed by atoms with van der Waals surface area (Å²) in [6.45, 7) is 2.15. The third-order valence-corrected chi connectivity index (χ3v) is 3.63. The monoisotopic (exact) mass is 288 g/mol. The second-order valence-corrected chi connectivity index (χ2v) is 5.04. The maximum Gasteiger partial charge on any atom is 0.123 e. The summed E-state index contributed by atoms with van der Waals surface area (Å²) in [6, 6.07) is 12.6. The van der Waals surface area contributed by atoms with Crippen LogP contribution in [-0.2, 0) is 0 Å². The van der Waals surface area contributed by atoms with Gasteiger partial charge < -0.3 is 9.47 Å². The molecule has 2 aromatic rings. The minimum Gasteiger partial charge on any atom is -0.497 e. The summed E-state index contributed by atoms with van der Waals surface area (Å²) in [5, 5.41) is 0. The van der Waals surface area contributed by atoms with E-state index in [0.29, 0.717) is 0 Å². The zero-order valence-electron chi connectivity index (χ0n) is 12.7. The zero-order chi connectivity index (χ0) is 15.2. The summed E-state index contributed by atoms with van der Waals surface area (Å²) in [5.74, 6) is 1.54. The van der Waals surface area contributed by atoms with Crippen molar-refractivity contribution in [2.75, 3.05) is 14.2 Å². The van der Waals surface area contributed by atoms with Crippen molar-refractivity contribution in [1.29, 1.82) is 0 Å². The molecule has 21 heavy (non-hydrogen) atoms. The molecule has 3 heteroatoms. The van der Waals surface area contributed by atoms with Crippen LogP contribution < -0.4 is 9.47 Å². The molecule has 0 aliphatic rings. The minimum absolute atomic E-state index is 0.208. The Bertz CT molecular complexity index is 556. The van der Waals surface area contributed by atoms with Gasteiger partial charge in [0, 0.05) is 12.0 Å². The molecule has 0 N–H and O–H groups in total. The molecule has 0 bridgehead atoms. The molecule has 0 aliphatic carbocycles. The smallest absolute Gasteiger partial charge is 0.123 e. The highest BCUT2D eigenvalue weighted by Crippen LogP contribution is 2.34. The van der Waals surface area contributed by atoms with Crippen LogP contribution >= 0.6 is 0 Å². The first-order valence-corrected chi connectivity index (χ1v) is 7.16. The van der Waals surface area contributed by atoms with Gasteiger partial charge in [0.25, 0.3) is 0 Å². The van der Waals surface area contributed by atoms with Gasteiger partial charge in [-0.3, -0.25) is 0 Å². The maximum atomic E-state index is 13.1. The van der Waals surface area contributed by atoms with Gasteiger partial charge in [-0.05, 0) is 41.8 Å². The van der Waals surface area contributed by atoms with E-state index >= 15 is 0 Å². The van der Waals surface area contributed by atoms with E-state index in [-0.39, 0.29) is 11.7 Å². The van der Waals surface area contributed by atoms with E-state index < -0.39 is 0 Å². The van der Waals surface area contributed by atoms with Crippen LogP contribution in [0.15, 0.2) is 42.5 Å². The Labute approximate surface area is 125 Å². The van der Waals surface area contributed by atoms with Crippen molar-refractivity contribution < 1.29 is 13.9 Å². The predicted molar refractivity (Wildman–Crippen MR) is 82.7 cm³/mol. The molecule has 0 aromatic heterocycles. The summed E-state index contributed by atoms with van der Waals surface area (Å²) >= 11 is 0. The second kappa shape index (κ2) is 7.11. The van der Waals surface area contributed by atoms with Gasteiger partial charge in [0.2, 0.25) is 0 Å². The molecule has 0 saturated heterocycles. The summed E-state index contributed by atoms with van der Waals surface area (Å²) in [4.78, 5) is 0. The molecule has 1 unspecified atom stereocenters. The first kappa shape index (κ1) is 15.4. The van der Waals surface area contributed by atoms with E-state index in [0.717, 1.165) is 35.5 Å². The van der Waals surface area contributed by atoms with E-state index in [9.17, 15) is 4.39 Å². The van der Waals surface area contributed by atoms with Crippen LogP contribution in [0.4, 0.5) is 4.39 Å². The highest BCUT2D eigenvalue weighted by molar-refractivity contribution is 5.43. The second-order valence-electron chi connectivity index (χ2n) is 5.04. The van der Waals surface area contributed by atoms with E-state index in [1.165, 1.54) is 12.1 Å². The third-order valence-electron chi connectivity index (χ3n) is 3.63. The molecule has 0 amide bonds. The molecule has 1 atom stereocenters. The van der Waals surface area contributed by atoms with Crippen LogP contribution in [0.2, 0.25) is 0 Å². The van der Waals surface area contributed by atoms with Crippen molar-refractivity contribution >= 4 is 0 Å². The summed E-state index contributed by atoms with van der Waals surface area (Å²) < 4.78 is 23.8. The van der Waals surface area contributed by atoms with Gasteiger partial charge in [0.05, 0.1) is 14.2 Å². The molecule has 0 aliphatic heterocycles. The zero-order valence-corrected chi connectivity index (χ0v) is 12.7. The third kappa shape index (κ3) is 3.75. The van der Waals surface area contributed by atoms with Gasteiger partial charge >= 0.3 is 0 Å². The van der Waals surface area contributed by atoms with Crippen molar-refractivity contribution in [3.05, 3.63) is 59.4 Å². The number of rotatable bonds is 6. The molecular weight excluding hydrogens is 267 g/mol. The van der Waals surface area contributed by atoms with Crippen LogP contribution in [0, 0.1) is 5.82 Å². The summed E-state index contributed by atoms with van der Waals surface area (Å²) in [5.41, 5.74) is 2.23. The van der Waals surface area contributed by atoms with Crippen molar-refractivity contribution in [3.63, 3.8) is 0 Å². The number of hydrogen-bond acceptors (Lipinski definition) is 2. The number of ether oxygens (including phenoxy) is 2. The summed E-state index contributed by atoms with van der Waals surface area (Å²) in [7, 11) is 3.29. The average molecular weight is 288 g/mol. The van der Waals surface area contributed by atoms with Crippen molar-refractivity contribution in [3.8, 4) is 11.5 Å². The SMILES string of the molecule is CCCC(c1ccc(F)cc1)c1cc(OC)cc(OC)c1. The largest absolute Gasteiger partial charge is 0.497 e. The van der Waals surface area contributed by atoms with Gasteiger partial charge in [0.1, 0.15) is 17.3 Å². The Morgan fingerprint density at radius 1 is 0.905 bits per heavy atom. The van der Waals surface area contributed by atoms with Gasteiger partial charge in [-0.15, -0.1) is 0 Å². The lowest BCUT2D eigenvalue weighted by Crippen LogP contribution is -2.02. The molecule has 2 nitrogen and oxygen atoms in total.